The Morgan fingerprint density at radius 3 is 1.24 bits per heavy atom. The van der Waals surface area contributed by atoms with Gasteiger partial charge in [0, 0.05) is 11.3 Å². The lowest BCUT2D eigenvalue weighted by Gasteiger charge is -2.41. The van der Waals surface area contributed by atoms with E-state index in [1.54, 1.807) is 5.57 Å². The van der Waals surface area contributed by atoms with Gasteiger partial charge in [0.05, 0.1) is 0 Å². The highest BCUT2D eigenvalue weighted by atomic mass is 31.1. The van der Waals surface area contributed by atoms with E-state index >= 15 is 0 Å². The molecule has 2 bridgehead atoms. The highest BCUT2D eigenvalue weighted by Crippen LogP contribution is 2.65. The highest BCUT2D eigenvalue weighted by molar-refractivity contribution is 7.77. The monoisotopic (exact) mass is 476 g/mol. The Morgan fingerprint density at radius 2 is 0.853 bits per heavy atom. The standard InChI is InChI=1S/C32H30P2/c1-24-22-25-23-30(24)32(34(28-18-10-4-11-19-28)29-20-12-5-13-21-29)31(25)33(26-14-6-2-7-15-26)27-16-8-3-9-17-27/h2-22,25,30-32H,23H2,1H3/t25?,30?,31?,32-/m1/s1. The first kappa shape index (κ1) is 22.0. The molecule has 0 heterocycles. The molecule has 1 saturated carbocycles. The van der Waals surface area contributed by atoms with Gasteiger partial charge in [0.1, 0.15) is 0 Å². The van der Waals surface area contributed by atoms with Gasteiger partial charge in [-0.25, -0.2) is 0 Å². The number of benzene rings is 4. The summed E-state index contributed by atoms with van der Waals surface area (Å²) in [4.78, 5) is 0. The molecule has 6 rings (SSSR count). The number of allylic oxidation sites excluding steroid dienone is 2. The first-order valence-corrected chi connectivity index (χ1v) is 15.1. The van der Waals surface area contributed by atoms with E-state index < -0.39 is 15.8 Å². The van der Waals surface area contributed by atoms with Crippen LogP contribution in [-0.4, -0.2) is 11.3 Å². The van der Waals surface area contributed by atoms with Gasteiger partial charge < -0.3 is 0 Å². The summed E-state index contributed by atoms with van der Waals surface area (Å²) < 4.78 is 0. The van der Waals surface area contributed by atoms with Crippen LogP contribution in [0, 0.1) is 11.8 Å². The quantitative estimate of drug-likeness (QED) is 0.218. The predicted molar refractivity (Wildman–Crippen MR) is 151 cm³/mol. The third-order valence-corrected chi connectivity index (χ3v) is 13.8. The van der Waals surface area contributed by atoms with Crippen LogP contribution in [0.3, 0.4) is 0 Å². The van der Waals surface area contributed by atoms with Gasteiger partial charge in [0.2, 0.25) is 0 Å². The predicted octanol–water partition coefficient (Wildman–Crippen LogP) is 6.59. The van der Waals surface area contributed by atoms with Gasteiger partial charge in [0.15, 0.2) is 0 Å². The van der Waals surface area contributed by atoms with Gasteiger partial charge in [-0.1, -0.05) is 133 Å². The van der Waals surface area contributed by atoms with Crippen LogP contribution in [-0.2, 0) is 0 Å². The molecule has 0 radical (unpaired) electrons. The van der Waals surface area contributed by atoms with Crippen LogP contribution in [0.1, 0.15) is 13.3 Å². The lowest BCUT2D eigenvalue weighted by atomic mass is 9.99. The van der Waals surface area contributed by atoms with Crippen molar-refractivity contribution in [1.29, 1.82) is 0 Å². The Bertz CT molecular complexity index is 1170. The van der Waals surface area contributed by atoms with E-state index in [9.17, 15) is 0 Å². The maximum absolute atomic E-state index is 2.64. The maximum Gasteiger partial charge on any atom is 0.00162 e. The molecule has 0 aliphatic heterocycles. The minimum absolute atomic E-state index is 0.467. The van der Waals surface area contributed by atoms with Crippen LogP contribution >= 0.6 is 15.8 Å². The number of hydrogen-bond donors (Lipinski definition) is 0. The van der Waals surface area contributed by atoms with Crippen LogP contribution in [0.2, 0.25) is 0 Å². The van der Waals surface area contributed by atoms with Crippen LogP contribution in [0.15, 0.2) is 133 Å². The van der Waals surface area contributed by atoms with Gasteiger partial charge in [0.25, 0.3) is 0 Å². The molecule has 0 saturated heterocycles. The highest BCUT2D eigenvalue weighted by Gasteiger charge is 2.53. The Kier molecular flexibility index (Phi) is 6.22. The van der Waals surface area contributed by atoms with Gasteiger partial charge >= 0.3 is 0 Å². The van der Waals surface area contributed by atoms with Crippen LogP contribution in [0.25, 0.3) is 0 Å². The molecule has 2 aliphatic carbocycles. The van der Waals surface area contributed by atoms with Crippen molar-refractivity contribution in [1.82, 2.24) is 0 Å². The van der Waals surface area contributed by atoms with E-state index in [4.69, 9.17) is 0 Å². The maximum atomic E-state index is 2.64. The van der Waals surface area contributed by atoms with E-state index in [2.05, 4.69) is 134 Å². The molecule has 2 aliphatic rings. The van der Waals surface area contributed by atoms with Crippen molar-refractivity contribution in [2.75, 3.05) is 0 Å². The largest absolute Gasteiger partial charge is 0.0815 e. The molecule has 4 aromatic rings. The fourth-order valence-electron chi connectivity index (χ4n) is 6.16. The first-order valence-electron chi connectivity index (χ1n) is 12.3. The van der Waals surface area contributed by atoms with Crippen molar-refractivity contribution in [2.24, 2.45) is 11.8 Å². The molecule has 3 unspecified atom stereocenters. The topological polar surface area (TPSA) is 0 Å². The fraction of sp³-hybridized carbons (Fsp3) is 0.188. The van der Waals surface area contributed by atoms with Gasteiger partial charge in [-0.15, -0.1) is 0 Å². The Balaban J connectivity index is 1.54. The third kappa shape index (κ3) is 3.98. The van der Waals surface area contributed by atoms with E-state index in [0.717, 1.165) is 0 Å². The molecule has 0 spiro atoms. The summed E-state index contributed by atoms with van der Waals surface area (Å²) in [5.74, 6) is 1.35. The smallest absolute Gasteiger partial charge is 0.00162 e. The second-order valence-electron chi connectivity index (χ2n) is 9.48. The summed E-state index contributed by atoms with van der Waals surface area (Å²) in [5, 5.41) is 6.09. The van der Waals surface area contributed by atoms with E-state index in [1.807, 2.05) is 0 Å². The van der Waals surface area contributed by atoms with E-state index in [1.165, 1.54) is 27.6 Å². The Labute approximate surface area is 206 Å². The van der Waals surface area contributed by atoms with Crippen LogP contribution < -0.4 is 21.2 Å². The summed E-state index contributed by atoms with van der Waals surface area (Å²) >= 11 is 0. The molecule has 4 aromatic carbocycles. The molecule has 0 N–H and O–H groups in total. The zero-order valence-corrected chi connectivity index (χ0v) is 21.3. The van der Waals surface area contributed by atoms with Crippen molar-refractivity contribution in [3.05, 3.63) is 133 Å². The molecular weight excluding hydrogens is 446 g/mol. The second-order valence-corrected chi connectivity index (χ2v) is 14.2. The zero-order valence-electron chi connectivity index (χ0n) is 19.5. The van der Waals surface area contributed by atoms with Gasteiger partial charge in [-0.05, 0) is 62.2 Å². The summed E-state index contributed by atoms with van der Waals surface area (Å²) in [5.41, 5.74) is 2.93. The zero-order chi connectivity index (χ0) is 22.9. The summed E-state index contributed by atoms with van der Waals surface area (Å²) in [6.07, 6.45) is 3.95. The van der Waals surface area contributed by atoms with Crippen molar-refractivity contribution in [3.8, 4) is 0 Å². The first-order chi connectivity index (χ1) is 16.8. The lowest BCUT2D eigenvalue weighted by Crippen LogP contribution is -2.38. The molecule has 0 aromatic heterocycles. The molecule has 1 fully saturated rings. The van der Waals surface area contributed by atoms with Crippen molar-refractivity contribution in [2.45, 2.75) is 24.7 Å². The summed E-state index contributed by atoms with van der Waals surface area (Å²) in [6, 6.07) is 45.5. The average molecular weight is 477 g/mol. The Hall–Kier alpha value is -2.52. The van der Waals surface area contributed by atoms with Crippen LogP contribution in [0.5, 0.6) is 0 Å². The van der Waals surface area contributed by atoms with Crippen molar-refractivity contribution in [3.63, 3.8) is 0 Å². The SMILES string of the molecule is CC1=CC2CC1[C@@H](P(c1ccccc1)c1ccccc1)C2P(c1ccccc1)c1ccccc1. The third-order valence-electron chi connectivity index (χ3n) is 7.52. The minimum atomic E-state index is -0.470. The fourth-order valence-corrected chi connectivity index (χ4v) is 13.3. The van der Waals surface area contributed by atoms with Crippen molar-refractivity contribution < 1.29 is 0 Å². The molecule has 0 amide bonds. The van der Waals surface area contributed by atoms with E-state index in [-0.39, 0.29) is 0 Å². The van der Waals surface area contributed by atoms with Crippen molar-refractivity contribution >= 4 is 37.1 Å². The van der Waals surface area contributed by atoms with Crippen LogP contribution in [0.4, 0.5) is 0 Å². The molecule has 2 heteroatoms. The number of hydrogen-bond acceptors (Lipinski definition) is 0. The second kappa shape index (κ2) is 9.62. The molecule has 34 heavy (non-hydrogen) atoms. The summed E-state index contributed by atoms with van der Waals surface area (Å²) in [7, 11) is -0.937. The molecule has 4 atom stereocenters. The minimum Gasteiger partial charge on any atom is -0.0815 e. The van der Waals surface area contributed by atoms with Gasteiger partial charge in [-0.2, -0.15) is 0 Å². The molecule has 168 valence electrons. The number of fused-ring (bicyclic) bond motifs is 2. The molecular formula is C32H30P2. The normalized spacial score (nSPS) is 23.4. The number of rotatable bonds is 6. The lowest BCUT2D eigenvalue weighted by molar-refractivity contribution is 0.668. The Morgan fingerprint density at radius 1 is 0.500 bits per heavy atom. The van der Waals surface area contributed by atoms with Gasteiger partial charge in [-0.3, -0.25) is 0 Å². The summed E-state index contributed by atoms with van der Waals surface area (Å²) in [6.45, 7) is 2.39. The molecule has 0 nitrogen and oxygen atoms in total. The average Bonchev–Trinajstić information content (AvgIpc) is 3.45. The van der Waals surface area contributed by atoms with E-state index in [0.29, 0.717) is 23.2 Å².